The van der Waals surface area contributed by atoms with Crippen molar-refractivity contribution < 1.29 is 17.9 Å². The molecule has 2 aromatic carbocycles. The monoisotopic (exact) mass is 382 g/mol. The van der Waals surface area contributed by atoms with Gasteiger partial charge in [-0.1, -0.05) is 29.8 Å². The van der Waals surface area contributed by atoms with Gasteiger partial charge < -0.3 is 10.1 Å². The van der Waals surface area contributed by atoms with Gasteiger partial charge in [0.05, 0.1) is 17.2 Å². The summed E-state index contributed by atoms with van der Waals surface area (Å²) in [4.78, 5) is 12.3. The van der Waals surface area contributed by atoms with Gasteiger partial charge in [0.1, 0.15) is 6.54 Å². The van der Waals surface area contributed by atoms with Gasteiger partial charge in [-0.3, -0.25) is 9.10 Å². The predicted molar refractivity (Wildman–Crippen MR) is 97.3 cm³/mol. The third-order valence-electron chi connectivity index (χ3n) is 3.36. The molecule has 134 valence electrons. The fourth-order valence-electron chi connectivity index (χ4n) is 2.12. The lowest BCUT2D eigenvalue weighted by atomic mass is 10.3. The van der Waals surface area contributed by atoms with Crippen molar-refractivity contribution in [2.75, 3.05) is 31.1 Å². The van der Waals surface area contributed by atoms with Crippen LogP contribution in [-0.2, 0) is 19.6 Å². The number of nitrogens with one attached hydrogen (secondary N) is 1. The number of rotatable bonds is 8. The van der Waals surface area contributed by atoms with Crippen molar-refractivity contribution in [2.24, 2.45) is 0 Å². The molecule has 0 aromatic heterocycles. The van der Waals surface area contributed by atoms with Crippen molar-refractivity contribution >= 4 is 33.2 Å². The number of halogens is 1. The van der Waals surface area contributed by atoms with Crippen molar-refractivity contribution in [3.05, 3.63) is 59.6 Å². The van der Waals surface area contributed by atoms with Gasteiger partial charge >= 0.3 is 0 Å². The molecule has 0 radical (unpaired) electrons. The van der Waals surface area contributed by atoms with Crippen molar-refractivity contribution in [3.8, 4) is 0 Å². The Hall–Kier alpha value is -2.09. The Bertz CT molecular complexity index is 795. The number of ether oxygens (including phenoxy) is 1. The van der Waals surface area contributed by atoms with Gasteiger partial charge in [0.2, 0.25) is 5.91 Å². The highest BCUT2D eigenvalue weighted by atomic mass is 35.5. The van der Waals surface area contributed by atoms with Crippen LogP contribution in [0.1, 0.15) is 0 Å². The van der Waals surface area contributed by atoms with Crippen molar-refractivity contribution in [1.29, 1.82) is 0 Å². The molecular formula is C17H19ClN2O4S. The second-order valence-electron chi connectivity index (χ2n) is 5.14. The lowest BCUT2D eigenvalue weighted by Crippen LogP contribution is -2.41. The number of methoxy groups -OCH3 is 1. The minimum Gasteiger partial charge on any atom is -0.383 e. The predicted octanol–water partition coefficient (Wildman–Crippen LogP) is 2.30. The number of benzene rings is 2. The zero-order chi connectivity index (χ0) is 18.3. The minimum absolute atomic E-state index is 0.106. The van der Waals surface area contributed by atoms with Gasteiger partial charge in [-0.2, -0.15) is 0 Å². The van der Waals surface area contributed by atoms with Gasteiger partial charge in [0.15, 0.2) is 0 Å². The molecule has 0 saturated carbocycles. The SMILES string of the molecule is COCCNC(=O)CN(c1ccc(Cl)cc1)S(=O)(=O)c1ccccc1. The average Bonchev–Trinajstić information content (AvgIpc) is 2.61. The molecule has 0 bridgehead atoms. The van der Waals surface area contributed by atoms with Crippen molar-refractivity contribution in [1.82, 2.24) is 5.32 Å². The number of nitrogens with zero attached hydrogens (tertiary/aromatic N) is 1. The maximum Gasteiger partial charge on any atom is 0.264 e. The molecule has 0 fully saturated rings. The molecule has 2 rings (SSSR count). The van der Waals surface area contributed by atoms with E-state index >= 15 is 0 Å². The third-order valence-corrected chi connectivity index (χ3v) is 5.40. The standard InChI is InChI=1S/C17H19ClN2O4S/c1-24-12-11-19-17(21)13-20(15-9-7-14(18)8-10-15)25(22,23)16-5-3-2-4-6-16/h2-10H,11-13H2,1H3,(H,19,21). The lowest BCUT2D eigenvalue weighted by Gasteiger charge is -2.24. The van der Waals surface area contributed by atoms with E-state index in [1.165, 1.54) is 19.2 Å². The van der Waals surface area contributed by atoms with Gasteiger partial charge in [-0.25, -0.2) is 8.42 Å². The molecule has 0 atom stereocenters. The van der Waals surface area contributed by atoms with E-state index < -0.39 is 15.9 Å². The van der Waals surface area contributed by atoms with Gasteiger partial charge in [-0.15, -0.1) is 0 Å². The molecule has 6 nitrogen and oxygen atoms in total. The second-order valence-corrected chi connectivity index (χ2v) is 7.44. The van der Waals surface area contributed by atoms with Gasteiger partial charge in [0, 0.05) is 18.7 Å². The topological polar surface area (TPSA) is 75.7 Å². The highest BCUT2D eigenvalue weighted by Crippen LogP contribution is 2.24. The molecule has 25 heavy (non-hydrogen) atoms. The number of carbonyl (C=O) groups is 1. The molecule has 0 aliphatic heterocycles. The van der Waals surface area contributed by atoms with E-state index in [1.54, 1.807) is 42.5 Å². The van der Waals surface area contributed by atoms with Crippen LogP contribution >= 0.6 is 11.6 Å². The first kappa shape index (κ1) is 19.2. The largest absolute Gasteiger partial charge is 0.383 e. The summed E-state index contributed by atoms with van der Waals surface area (Å²) in [5.74, 6) is -0.425. The number of hydrogen-bond donors (Lipinski definition) is 1. The van der Waals surface area contributed by atoms with Gasteiger partial charge in [0.25, 0.3) is 10.0 Å². The molecule has 0 heterocycles. The van der Waals surface area contributed by atoms with E-state index in [2.05, 4.69) is 5.32 Å². The fraction of sp³-hybridized carbons (Fsp3) is 0.235. The van der Waals surface area contributed by atoms with Crippen LogP contribution in [0.4, 0.5) is 5.69 Å². The van der Waals surface area contributed by atoms with E-state index in [0.717, 1.165) is 4.31 Å². The summed E-state index contributed by atoms with van der Waals surface area (Å²) in [6.45, 7) is 0.301. The minimum atomic E-state index is -3.89. The lowest BCUT2D eigenvalue weighted by molar-refractivity contribution is -0.119. The first-order chi connectivity index (χ1) is 11.9. The smallest absolute Gasteiger partial charge is 0.264 e. The van der Waals surface area contributed by atoms with E-state index in [0.29, 0.717) is 23.9 Å². The molecule has 2 aromatic rings. The third kappa shape index (κ3) is 5.19. The summed E-state index contributed by atoms with van der Waals surface area (Å²) in [5.41, 5.74) is 0.357. The molecule has 0 spiro atoms. The van der Waals surface area contributed by atoms with E-state index in [9.17, 15) is 13.2 Å². The summed E-state index contributed by atoms with van der Waals surface area (Å²) in [5, 5.41) is 3.10. The zero-order valence-electron chi connectivity index (χ0n) is 13.7. The second kappa shape index (κ2) is 8.84. The number of anilines is 1. The Morgan fingerprint density at radius 3 is 2.36 bits per heavy atom. The van der Waals surface area contributed by atoms with Crippen molar-refractivity contribution in [3.63, 3.8) is 0 Å². The van der Waals surface area contributed by atoms with Gasteiger partial charge in [-0.05, 0) is 36.4 Å². The van der Waals surface area contributed by atoms with E-state index in [-0.39, 0.29) is 11.4 Å². The van der Waals surface area contributed by atoms with Crippen LogP contribution in [0.2, 0.25) is 5.02 Å². The first-order valence-electron chi connectivity index (χ1n) is 7.54. The summed E-state index contributed by atoms with van der Waals surface area (Å²) < 4.78 is 31.9. The maximum atomic E-state index is 13.0. The summed E-state index contributed by atoms with van der Waals surface area (Å²) in [6, 6.07) is 14.2. The molecule has 8 heteroatoms. The quantitative estimate of drug-likeness (QED) is 0.711. The van der Waals surface area contributed by atoms with Crippen LogP contribution in [0.5, 0.6) is 0 Å². The highest BCUT2D eigenvalue weighted by molar-refractivity contribution is 7.92. The van der Waals surface area contributed by atoms with Crippen molar-refractivity contribution in [2.45, 2.75) is 4.90 Å². The zero-order valence-corrected chi connectivity index (χ0v) is 15.3. The Labute approximate surface area is 152 Å². The summed E-state index contributed by atoms with van der Waals surface area (Å²) in [7, 11) is -2.37. The molecule has 0 aliphatic rings. The van der Waals surface area contributed by atoms with E-state index in [1.807, 2.05) is 0 Å². The number of amides is 1. The Morgan fingerprint density at radius 2 is 1.76 bits per heavy atom. The average molecular weight is 383 g/mol. The first-order valence-corrected chi connectivity index (χ1v) is 9.36. The van der Waals surface area contributed by atoms with Crippen LogP contribution in [0.25, 0.3) is 0 Å². The van der Waals surface area contributed by atoms with Crippen LogP contribution in [0.3, 0.4) is 0 Å². The van der Waals surface area contributed by atoms with Crippen LogP contribution < -0.4 is 9.62 Å². The normalized spacial score (nSPS) is 11.1. The summed E-state index contributed by atoms with van der Waals surface area (Å²) in [6.07, 6.45) is 0. The number of hydrogen-bond acceptors (Lipinski definition) is 4. The Morgan fingerprint density at radius 1 is 1.12 bits per heavy atom. The van der Waals surface area contributed by atoms with Crippen LogP contribution in [0, 0.1) is 0 Å². The fourth-order valence-corrected chi connectivity index (χ4v) is 3.69. The molecule has 0 unspecified atom stereocenters. The molecule has 0 aliphatic carbocycles. The molecular weight excluding hydrogens is 364 g/mol. The Balaban J connectivity index is 2.32. The van der Waals surface area contributed by atoms with E-state index in [4.69, 9.17) is 16.3 Å². The molecule has 0 saturated heterocycles. The van der Waals surface area contributed by atoms with Crippen LogP contribution in [-0.4, -0.2) is 41.1 Å². The highest BCUT2D eigenvalue weighted by Gasteiger charge is 2.26. The maximum absolute atomic E-state index is 13.0. The summed E-state index contributed by atoms with van der Waals surface area (Å²) >= 11 is 5.88. The molecule has 1 amide bonds. The Kier molecular flexibility index (Phi) is 6.81. The molecule has 1 N–H and O–H groups in total. The number of sulfonamides is 1. The number of carbonyl (C=O) groups excluding carboxylic acids is 1. The van der Waals surface area contributed by atoms with Crippen LogP contribution in [0.15, 0.2) is 59.5 Å².